The Balaban J connectivity index is 2.09. The fourth-order valence-electron chi connectivity index (χ4n) is 2.78. The molecule has 0 aromatic heterocycles. The molecular formula is C12H19NO4. The third-order valence-electron chi connectivity index (χ3n) is 3.85. The minimum absolute atomic E-state index is 0.307. The Morgan fingerprint density at radius 3 is 2.41 bits per heavy atom. The lowest BCUT2D eigenvalue weighted by atomic mass is 9.80. The Labute approximate surface area is 101 Å². The minimum atomic E-state index is -0.765. The van der Waals surface area contributed by atoms with Crippen LogP contribution in [-0.2, 0) is 9.53 Å². The summed E-state index contributed by atoms with van der Waals surface area (Å²) in [6.07, 6.45) is 5.05. The lowest BCUT2D eigenvalue weighted by molar-refractivity contribution is -0.150. The fraction of sp³-hybridized carbons (Fsp3) is 0.833. The Kier molecular flexibility index (Phi) is 3.54. The number of carbonyl (C=O) groups excluding carboxylic acids is 1. The molecule has 0 spiro atoms. The number of hydrogen-bond donors (Lipinski definition) is 1. The minimum Gasteiger partial charge on any atom is -0.481 e. The molecule has 1 heterocycles. The van der Waals surface area contributed by atoms with Crippen molar-refractivity contribution < 1.29 is 19.4 Å². The standard InChI is InChI=1S/C12H19NO4/c14-10(15)12(5-3-1-2-4-6-12)9-13-7-8-17-11(13)16/h1-9H2,(H,14,15). The van der Waals surface area contributed by atoms with Crippen LogP contribution in [0.1, 0.15) is 38.5 Å². The number of nitrogens with zero attached hydrogens (tertiary/aromatic N) is 1. The van der Waals surface area contributed by atoms with Crippen molar-refractivity contribution in [2.24, 2.45) is 5.41 Å². The summed E-state index contributed by atoms with van der Waals surface area (Å²) in [5, 5.41) is 9.48. The highest BCUT2D eigenvalue weighted by Crippen LogP contribution is 2.36. The highest BCUT2D eigenvalue weighted by Gasteiger charge is 2.42. The molecule has 1 N–H and O–H groups in total. The molecule has 1 aliphatic carbocycles. The first-order valence-electron chi connectivity index (χ1n) is 6.29. The van der Waals surface area contributed by atoms with Crippen LogP contribution in [-0.4, -0.2) is 41.8 Å². The number of carboxylic acids is 1. The molecule has 0 atom stereocenters. The van der Waals surface area contributed by atoms with Crippen molar-refractivity contribution in [2.75, 3.05) is 19.7 Å². The quantitative estimate of drug-likeness (QED) is 0.766. The molecule has 0 unspecified atom stereocenters. The molecule has 1 saturated carbocycles. The van der Waals surface area contributed by atoms with Crippen molar-refractivity contribution in [3.8, 4) is 0 Å². The van der Waals surface area contributed by atoms with E-state index >= 15 is 0 Å². The number of amides is 1. The van der Waals surface area contributed by atoms with Gasteiger partial charge in [0.2, 0.25) is 0 Å². The van der Waals surface area contributed by atoms with Crippen LogP contribution in [0.15, 0.2) is 0 Å². The van der Waals surface area contributed by atoms with Crippen LogP contribution in [0.25, 0.3) is 0 Å². The van der Waals surface area contributed by atoms with Gasteiger partial charge in [0, 0.05) is 6.54 Å². The van der Waals surface area contributed by atoms with E-state index < -0.39 is 11.4 Å². The number of carboxylic acid groups (broad SMARTS) is 1. The monoisotopic (exact) mass is 241 g/mol. The van der Waals surface area contributed by atoms with Gasteiger partial charge >= 0.3 is 12.1 Å². The predicted molar refractivity (Wildman–Crippen MR) is 60.7 cm³/mol. The van der Waals surface area contributed by atoms with Crippen LogP contribution < -0.4 is 0 Å². The molecule has 96 valence electrons. The molecule has 1 amide bonds. The molecule has 1 saturated heterocycles. The van der Waals surface area contributed by atoms with Crippen molar-refractivity contribution >= 4 is 12.1 Å². The van der Waals surface area contributed by atoms with Gasteiger partial charge in [0.05, 0.1) is 12.0 Å². The molecule has 2 rings (SSSR count). The fourth-order valence-corrected chi connectivity index (χ4v) is 2.78. The maximum Gasteiger partial charge on any atom is 0.409 e. The van der Waals surface area contributed by atoms with E-state index in [4.69, 9.17) is 4.74 Å². The Morgan fingerprint density at radius 1 is 1.29 bits per heavy atom. The van der Waals surface area contributed by atoms with Crippen LogP contribution in [0.4, 0.5) is 4.79 Å². The summed E-state index contributed by atoms with van der Waals surface area (Å²) < 4.78 is 4.86. The van der Waals surface area contributed by atoms with E-state index in [1.165, 1.54) is 0 Å². The first kappa shape index (κ1) is 12.2. The van der Waals surface area contributed by atoms with E-state index in [0.717, 1.165) is 25.7 Å². The summed E-state index contributed by atoms with van der Waals surface area (Å²) in [7, 11) is 0. The van der Waals surface area contributed by atoms with Crippen LogP contribution in [0.3, 0.4) is 0 Å². The molecule has 5 heteroatoms. The normalized spacial score (nSPS) is 24.2. The van der Waals surface area contributed by atoms with Crippen LogP contribution >= 0.6 is 0 Å². The number of rotatable bonds is 3. The summed E-state index contributed by atoms with van der Waals surface area (Å²) in [5.74, 6) is -0.765. The Morgan fingerprint density at radius 2 is 1.94 bits per heavy atom. The SMILES string of the molecule is O=C1OCCN1CC1(C(=O)O)CCCCCC1. The molecule has 0 aromatic carbocycles. The molecule has 0 aromatic rings. The van der Waals surface area contributed by atoms with Crippen molar-refractivity contribution in [1.29, 1.82) is 0 Å². The van der Waals surface area contributed by atoms with Gasteiger partial charge in [-0.3, -0.25) is 4.79 Å². The highest BCUT2D eigenvalue weighted by atomic mass is 16.6. The zero-order valence-electron chi connectivity index (χ0n) is 9.98. The van der Waals surface area contributed by atoms with Crippen molar-refractivity contribution in [3.05, 3.63) is 0 Å². The summed E-state index contributed by atoms with van der Waals surface area (Å²) in [5.41, 5.74) is -0.750. The van der Waals surface area contributed by atoms with Gasteiger partial charge < -0.3 is 14.7 Å². The second-order valence-electron chi connectivity index (χ2n) is 5.04. The van der Waals surface area contributed by atoms with Crippen LogP contribution in [0.5, 0.6) is 0 Å². The number of cyclic esters (lactones) is 1. The third-order valence-corrected chi connectivity index (χ3v) is 3.85. The smallest absolute Gasteiger partial charge is 0.409 e. The zero-order chi connectivity index (χ0) is 12.3. The van der Waals surface area contributed by atoms with Crippen LogP contribution in [0, 0.1) is 5.41 Å². The van der Waals surface area contributed by atoms with Gasteiger partial charge in [-0.25, -0.2) is 4.79 Å². The van der Waals surface area contributed by atoms with Crippen LogP contribution in [0.2, 0.25) is 0 Å². The maximum atomic E-state index is 11.5. The van der Waals surface area contributed by atoms with Gasteiger partial charge in [-0.2, -0.15) is 0 Å². The summed E-state index contributed by atoms with van der Waals surface area (Å²) in [4.78, 5) is 24.5. The maximum absolute atomic E-state index is 11.5. The largest absolute Gasteiger partial charge is 0.481 e. The lowest BCUT2D eigenvalue weighted by Crippen LogP contribution is -2.43. The predicted octanol–water partition coefficient (Wildman–Crippen LogP) is 1.86. The number of hydrogen-bond acceptors (Lipinski definition) is 3. The molecule has 2 fully saturated rings. The van der Waals surface area contributed by atoms with Crippen molar-refractivity contribution in [1.82, 2.24) is 4.90 Å². The summed E-state index contributed by atoms with van der Waals surface area (Å²) in [6.45, 7) is 1.21. The van der Waals surface area contributed by atoms with Gasteiger partial charge in [-0.15, -0.1) is 0 Å². The van der Waals surface area contributed by atoms with Crippen molar-refractivity contribution in [3.63, 3.8) is 0 Å². The summed E-state index contributed by atoms with van der Waals surface area (Å²) in [6, 6.07) is 0. The molecular weight excluding hydrogens is 222 g/mol. The zero-order valence-corrected chi connectivity index (χ0v) is 9.98. The Bertz CT molecular complexity index is 308. The molecule has 0 radical (unpaired) electrons. The topological polar surface area (TPSA) is 66.8 Å². The van der Waals surface area contributed by atoms with Gasteiger partial charge in [0.25, 0.3) is 0 Å². The number of ether oxygens (including phenoxy) is 1. The summed E-state index contributed by atoms with van der Waals surface area (Å²) >= 11 is 0. The number of carbonyl (C=O) groups is 2. The third kappa shape index (κ3) is 2.53. The highest BCUT2D eigenvalue weighted by molar-refractivity contribution is 5.77. The van der Waals surface area contributed by atoms with E-state index in [-0.39, 0.29) is 6.09 Å². The van der Waals surface area contributed by atoms with Gasteiger partial charge in [-0.05, 0) is 12.8 Å². The first-order valence-corrected chi connectivity index (χ1v) is 6.29. The van der Waals surface area contributed by atoms with E-state index in [9.17, 15) is 14.7 Å². The van der Waals surface area contributed by atoms with E-state index in [2.05, 4.69) is 0 Å². The van der Waals surface area contributed by atoms with Gasteiger partial charge in [-0.1, -0.05) is 25.7 Å². The van der Waals surface area contributed by atoms with Gasteiger partial charge in [0.15, 0.2) is 0 Å². The average molecular weight is 241 g/mol. The number of aliphatic carboxylic acids is 1. The first-order chi connectivity index (χ1) is 8.14. The molecule has 0 bridgehead atoms. The van der Waals surface area contributed by atoms with Gasteiger partial charge in [0.1, 0.15) is 6.61 Å². The Hall–Kier alpha value is -1.26. The second kappa shape index (κ2) is 4.94. The molecule has 5 nitrogen and oxygen atoms in total. The molecule has 2 aliphatic rings. The van der Waals surface area contributed by atoms with E-state index in [1.54, 1.807) is 4.90 Å². The van der Waals surface area contributed by atoms with E-state index in [1.807, 2.05) is 0 Å². The average Bonchev–Trinajstić information content (AvgIpc) is 2.54. The molecule has 1 aliphatic heterocycles. The molecule has 17 heavy (non-hydrogen) atoms. The second-order valence-corrected chi connectivity index (χ2v) is 5.04. The lowest BCUT2D eigenvalue weighted by Gasteiger charge is -2.31. The van der Waals surface area contributed by atoms with E-state index in [0.29, 0.717) is 32.5 Å². The van der Waals surface area contributed by atoms with Crippen molar-refractivity contribution in [2.45, 2.75) is 38.5 Å².